The van der Waals surface area contributed by atoms with E-state index in [0.717, 1.165) is 17.1 Å². The van der Waals surface area contributed by atoms with E-state index in [-0.39, 0.29) is 16.7 Å². The van der Waals surface area contributed by atoms with Gasteiger partial charge in [-0.05, 0) is 19.4 Å². The van der Waals surface area contributed by atoms with Crippen LogP contribution in [0, 0.1) is 17.0 Å². The zero-order chi connectivity index (χ0) is 13.8. The van der Waals surface area contributed by atoms with Crippen LogP contribution in [0.15, 0.2) is 30.5 Å². The van der Waals surface area contributed by atoms with Crippen LogP contribution < -0.4 is 5.32 Å². The fourth-order valence-electron chi connectivity index (χ4n) is 1.74. The van der Waals surface area contributed by atoms with Crippen LogP contribution in [-0.4, -0.2) is 9.91 Å². The van der Waals surface area contributed by atoms with Gasteiger partial charge in [-0.15, -0.1) is 11.3 Å². The Morgan fingerprint density at radius 2 is 2.11 bits per heavy atom. The number of nitro benzene ring substituents is 1. The lowest BCUT2D eigenvalue weighted by atomic mass is 10.1. The lowest BCUT2D eigenvalue weighted by Gasteiger charge is -2.13. The summed E-state index contributed by atoms with van der Waals surface area (Å²) in [6.45, 7) is 4.77. The van der Waals surface area contributed by atoms with Gasteiger partial charge in [-0.2, -0.15) is 0 Å². The van der Waals surface area contributed by atoms with Crippen LogP contribution in [0.1, 0.15) is 28.4 Å². The molecule has 1 unspecified atom stereocenters. The Kier molecular flexibility index (Phi) is 4.24. The van der Waals surface area contributed by atoms with E-state index < -0.39 is 0 Å². The zero-order valence-electron chi connectivity index (χ0n) is 10.8. The Morgan fingerprint density at radius 1 is 1.42 bits per heavy atom. The summed E-state index contributed by atoms with van der Waals surface area (Å²) >= 11 is 1.67. The van der Waals surface area contributed by atoms with Crippen molar-refractivity contribution in [3.63, 3.8) is 0 Å². The number of hydrogen-bond donors (Lipinski definition) is 1. The van der Waals surface area contributed by atoms with E-state index in [1.807, 2.05) is 20.0 Å². The maximum atomic E-state index is 10.6. The van der Waals surface area contributed by atoms with Crippen LogP contribution in [0.2, 0.25) is 0 Å². The molecule has 5 nitrogen and oxygen atoms in total. The highest BCUT2D eigenvalue weighted by Crippen LogP contribution is 2.18. The maximum absolute atomic E-state index is 10.6. The molecule has 19 heavy (non-hydrogen) atoms. The average molecular weight is 277 g/mol. The molecule has 0 saturated carbocycles. The minimum Gasteiger partial charge on any atom is -0.305 e. The topological polar surface area (TPSA) is 68.1 Å². The first-order valence-corrected chi connectivity index (χ1v) is 6.77. The highest BCUT2D eigenvalue weighted by atomic mass is 32.1. The van der Waals surface area contributed by atoms with Crippen molar-refractivity contribution in [2.75, 3.05) is 0 Å². The van der Waals surface area contributed by atoms with Gasteiger partial charge in [0, 0.05) is 35.8 Å². The quantitative estimate of drug-likeness (QED) is 0.673. The number of nitrogens with one attached hydrogen (secondary N) is 1. The van der Waals surface area contributed by atoms with Gasteiger partial charge in [0.1, 0.15) is 0 Å². The van der Waals surface area contributed by atoms with Gasteiger partial charge in [0.25, 0.3) is 5.69 Å². The van der Waals surface area contributed by atoms with Crippen molar-refractivity contribution >= 4 is 17.0 Å². The summed E-state index contributed by atoms with van der Waals surface area (Å²) in [5.41, 5.74) is 1.15. The molecule has 0 aliphatic carbocycles. The lowest BCUT2D eigenvalue weighted by Crippen LogP contribution is -2.17. The van der Waals surface area contributed by atoms with Crippen molar-refractivity contribution in [2.24, 2.45) is 0 Å². The molecule has 2 aromatic rings. The number of rotatable bonds is 5. The lowest BCUT2D eigenvalue weighted by molar-refractivity contribution is -0.384. The monoisotopic (exact) mass is 277 g/mol. The molecule has 1 N–H and O–H groups in total. The van der Waals surface area contributed by atoms with Crippen LogP contribution in [-0.2, 0) is 6.54 Å². The molecule has 100 valence electrons. The average Bonchev–Trinajstić information content (AvgIpc) is 2.82. The third-order valence-corrected chi connectivity index (χ3v) is 3.77. The second-order valence-corrected chi connectivity index (χ2v) is 5.62. The Hall–Kier alpha value is -1.79. The number of nitrogens with zero attached hydrogens (tertiary/aromatic N) is 2. The molecule has 0 bridgehead atoms. The van der Waals surface area contributed by atoms with Crippen LogP contribution in [0.4, 0.5) is 5.69 Å². The van der Waals surface area contributed by atoms with E-state index >= 15 is 0 Å². The second-order valence-electron chi connectivity index (χ2n) is 4.30. The number of non-ortho nitro benzene ring substituents is 1. The number of aromatic nitrogens is 1. The molecule has 1 heterocycles. The Morgan fingerprint density at radius 3 is 2.63 bits per heavy atom. The third-order valence-electron chi connectivity index (χ3n) is 2.86. The molecule has 1 aromatic carbocycles. The van der Waals surface area contributed by atoms with Crippen molar-refractivity contribution in [2.45, 2.75) is 26.4 Å². The highest BCUT2D eigenvalue weighted by molar-refractivity contribution is 7.11. The molecule has 1 atom stereocenters. The van der Waals surface area contributed by atoms with Crippen LogP contribution in [0.3, 0.4) is 0 Å². The van der Waals surface area contributed by atoms with Crippen molar-refractivity contribution < 1.29 is 4.92 Å². The fourth-order valence-corrected chi connectivity index (χ4v) is 2.49. The van der Waals surface area contributed by atoms with Gasteiger partial charge >= 0.3 is 0 Å². The zero-order valence-corrected chi connectivity index (χ0v) is 11.6. The number of nitro groups is 1. The highest BCUT2D eigenvalue weighted by Gasteiger charge is 2.09. The molecule has 0 amide bonds. The van der Waals surface area contributed by atoms with Gasteiger partial charge in [0.15, 0.2) is 0 Å². The van der Waals surface area contributed by atoms with Gasteiger partial charge in [-0.3, -0.25) is 10.1 Å². The predicted octanol–water partition coefficient (Wildman–Crippen LogP) is 3.21. The molecule has 0 radical (unpaired) electrons. The molecule has 6 heteroatoms. The SMILES string of the molecule is Cc1ncc(CNC(C)c2ccc([N+](=O)[O-])cc2)s1. The summed E-state index contributed by atoms with van der Waals surface area (Å²) in [6, 6.07) is 6.78. The van der Waals surface area contributed by atoms with E-state index in [9.17, 15) is 10.1 Å². The largest absolute Gasteiger partial charge is 0.305 e. The normalized spacial score (nSPS) is 12.3. The van der Waals surface area contributed by atoms with Crippen LogP contribution in [0.5, 0.6) is 0 Å². The first-order valence-electron chi connectivity index (χ1n) is 5.95. The number of aryl methyl sites for hydroxylation is 1. The van der Waals surface area contributed by atoms with Gasteiger partial charge in [-0.25, -0.2) is 4.98 Å². The Balaban J connectivity index is 1.95. The predicted molar refractivity (Wildman–Crippen MR) is 75.2 cm³/mol. The van der Waals surface area contributed by atoms with Crippen molar-refractivity contribution in [3.8, 4) is 0 Å². The molecule has 0 aliphatic rings. The Labute approximate surface area is 115 Å². The first kappa shape index (κ1) is 13.6. The van der Waals surface area contributed by atoms with Crippen LogP contribution >= 0.6 is 11.3 Å². The summed E-state index contributed by atoms with van der Waals surface area (Å²) in [7, 11) is 0. The van der Waals surface area contributed by atoms with E-state index in [4.69, 9.17) is 0 Å². The minimum atomic E-state index is -0.387. The van der Waals surface area contributed by atoms with Gasteiger partial charge in [-0.1, -0.05) is 12.1 Å². The summed E-state index contributed by atoms with van der Waals surface area (Å²) < 4.78 is 0. The van der Waals surface area contributed by atoms with Crippen molar-refractivity contribution in [1.29, 1.82) is 0 Å². The summed E-state index contributed by atoms with van der Waals surface area (Å²) in [4.78, 5) is 15.6. The summed E-state index contributed by atoms with van der Waals surface area (Å²) in [5.74, 6) is 0. The third kappa shape index (κ3) is 3.59. The molecule has 0 fully saturated rings. The Bertz CT molecular complexity index is 566. The number of hydrogen-bond acceptors (Lipinski definition) is 5. The van der Waals surface area contributed by atoms with E-state index in [0.29, 0.717) is 0 Å². The van der Waals surface area contributed by atoms with Gasteiger partial charge in [0.2, 0.25) is 0 Å². The molecular weight excluding hydrogens is 262 g/mol. The van der Waals surface area contributed by atoms with Gasteiger partial charge in [0.05, 0.1) is 9.93 Å². The maximum Gasteiger partial charge on any atom is 0.269 e. The van der Waals surface area contributed by atoms with E-state index in [1.54, 1.807) is 23.5 Å². The molecule has 0 aliphatic heterocycles. The molecule has 0 saturated heterocycles. The molecular formula is C13H15N3O2S. The number of benzene rings is 1. The number of thiazole rings is 1. The first-order chi connectivity index (χ1) is 9.06. The standard InChI is InChI=1S/C13H15N3O2S/c1-9(14-7-13-8-15-10(2)19-13)11-3-5-12(6-4-11)16(17)18/h3-6,8-9,14H,7H2,1-2H3. The fraction of sp³-hybridized carbons (Fsp3) is 0.308. The van der Waals surface area contributed by atoms with Gasteiger partial charge < -0.3 is 5.32 Å². The summed E-state index contributed by atoms with van der Waals surface area (Å²) in [5, 5.41) is 15.0. The van der Waals surface area contributed by atoms with E-state index in [1.165, 1.54) is 17.0 Å². The van der Waals surface area contributed by atoms with Crippen LogP contribution in [0.25, 0.3) is 0 Å². The van der Waals surface area contributed by atoms with E-state index in [2.05, 4.69) is 10.3 Å². The smallest absolute Gasteiger partial charge is 0.269 e. The second kappa shape index (κ2) is 5.90. The van der Waals surface area contributed by atoms with Crippen molar-refractivity contribution in [1.82, 2.24) is 10.3 Å². The summed E-state index contributed by atoms with van der Waals surface area (Å²) in [6.07, 6.45) is 1.87. The minimum absolute atomic E-state index is 0.119. The molecule has 2 rings (SSSR count). The molecule has 0 spiro atoms. The van der Waals surface area contributed by atoms with Crippen molar-refractivity contribution in [3.05, 3.63) is 56.0 Å². The molecule has 1 aromatic heterocycles.